The molecule has 4 rings (SSSR count). The summed E-state index contributed by atoms with van der Waals surface area (Å²) >= 11 is 0. The summed E-state index contributed by atoms with van der Waals surface area (Å²) in [6.07, 6.45) is 3.62. The molecule has 0 fully saturated rings. The van der Waals surface area contributed by atoms with Crippen molar-refractivity contribution in [3.63, 3.8) is 0 Å². The Balaban J connectivity index is 1.95. The predicted molar refractivity (Wildman–Crippen MR) is 113 cm³/mol. The fourth-order valence-electron chi connectivity index (χ4n) is 3.28. The molecule has 0 bridgehead atoms. The molecule has 0 aliphatic carbocycles. The third kappa shape index (κ3) is 3.91. The van der Waals surface area contributed by atoms with Gasteiger partial charge in [-0.1, -0.05) is 0 Å². The number of pyridine rings is 1. The van der Waals surface area contributed by atoms with E-state index in [2.05, 4.69) is 20.1 Å². The first-order valence-corrected chi connectivity index (χ1v) is 10.3. The van der Waals surface area contributed by atoms with E-state index < -0.39 is 16.3 Å². The average Bonchev–Trinajstić information content (AvgIpc) is 3.13. The smallest absolute Gasteiger partial charge is 0.221 e. The maximum absolute atomic E-state index is 13.5. The summed E-state index contributed by atoms with van der Waals surface area (Å²) in [4.78, 5) is 13.1. The summed E-state index contributed by atoms with van der Waals surface area (Å²) in [7, 11) is -2.52. The Hall–Kier alpha value is -3.24. The minimum atomic E-state index is -2.52. The van der Waals surface area contributed by atoms with Crippen molar-refractivity contribution in [2.24, 2.45) is 9.98 Å². The standard InChI is InChI=1S/C20H18FN5O3S/c1-12-22-10-17(30(28)29)19(23-12)16-9-14-11-26(7-2-8-27)25-20(14)24-18(16)13-3-5-15(21)6-4-13/h3-6,9-11,19,27H,2,7-8H2,1H3. The monoisotopic (exact) mass is 427 g/mol. The minimum Gasteiger partial charge on any atom is -0.396 e. The number of nitrogens with zero attached hydrogens (tertiary/aromatic N) is 5. The number of benzene rings is 1. The molecule has 3 aromatic rings. The predicted octanol–water partition coefficient (Wildman–Crippen LogP) is 2.22. The summed E-state index contributed by atoms with van der Waals surface area (Å²) in [5.74, 6) is 0.0548. The maximum Gasteiger partial charge on any atom is 0.221 e. The zero-order chi connectivity index (χ0) is 21.3. The topological polar surface area (TPSA) is 110 Å². The largest absolute Gasteiger partial charge is 0.396 e. The van der Waals surface area contributed by atoms with Gasteiger partial charge >= 0.3 is 0 Å². The number of hydrogen-bond donors (Lipinski definition) is 1. The zero-order valence-electron chi connectivity index (χ0n) is 16.0. The molecule has 8 nitrogen and oxygen atoms in total. The highest BCUT2D eigenvalue weighted by Gasteiger charge is 2.26. The van der Waals surface area contributed by atoms with Crippen LogP contribution in [0.3, 0.4) is 0 Å². The van der Waals surface area contributed by atoms with Crippen LogP contribution in [0.5, 0.6) is 0 Å². The number of aryl methyl sites for hydroxylation is 1. The molecule has 3 heterocycles. The lowest BCUT2D eigenvalue weighted by Crippen LogP contribution is -2.20. The molecule has 30 heavy (non-hydrogen) atoms. The molecule has 1 aliphatic rings. The lowest BCUT2D eigenvalue weighted by molar-refractivity contribution is 0.277. The number of amidine groups is 1. The second-order valence-corrected chi connectivity index (χ2v) is 7.73. The molecule has 1 unspecified atom stereocenters. The molecule has 1 atom stereocenters. The number of fused-ring (bicyclic) bond motifs is 1. The van der Waals surface area contributed by atoms with E-state index in [1.54, 1.807) is 36.0 Å². The Bertz CT molecular complexity index is 1300. The second kappa shape index (κ2) is 8.25. The van der Waals surface area contributed by atoms with E-state index in [0.29, 0.717) is 46.7 Å². The van der Waals surface area contributed by atoms with Gasteiger partial charge in [-0.25, -0.2) is 14.4 Å². The number of halogens is 1. The van der Waals surface area contributed by atoms with E-state index in [0.717, 1.165) is 0 Å². The van der Waals surface area contributed by atoms with E-state index in [1.807, 2.05) is 0 Å². The highest BCUT2D eigenvalue weighted by atomic mass is 32.2. The van der Waals surface area contributed by atoms with Crippen molar-refractivity contribution in [2.75, 3.05) is 6.61 Å². The van der Waals surface area contributed by atoms with Crippen molar-refractivity contribution < 1.29 is 17.9 Å². The van der Waals surface area contributed by atoms with Gasteiger partial charge in [0, 0.05) is 35.9 Å². The molecule has 0 saturated carbocycles. The zero-order valence-corrected chi connectivity index (χ0v) is 16.8. The van der Waals surface area contributed by atoms with Gasteiger partial charge in [-0.15, -0.1) is 0 Å². The SMILES string of the molecule is CC1=NC(c2cc3cn(CCCO)nc3nc2-c2ccc(F)cc2)C(=S(=O)=O)C=N1. The van der Waals surface area contributed by atoms with Gasteiger partial charge in [-0.05, 0) is 43.7 Å². The number of aliphatic hydroxyl groups is 1. The van der Waals surface area contributed by atoms with Gasteiger partial charge in [0.15, 0.2) is 5.65 Å². The van der Waals surface area contributed by atoms with Crippen LogP contribution in [0.2, 0.25) is 0 Å². The van der Waals surface area contributed by atoms with Crippen LogP contribution in [0.1, 0.15) is 24.9 Å². The van der Waals surface area contributed by atoms with Crippen LogP contribution in [0.4, 0.5) is 4.39 Å². The summed E-state index contributed by atoms with van der Waals surface area (Å²) in [6, 6.07) is 6.78. The lowest BCUT2D eigenvalue weighted by Gasteiger charge is -2.18. The van der Waals surface area contributed by atoms with Crippen molar-refractivity contribution in [1.82, 2.24) is 14.8 Å². The van der Waals surface area contributed by atoms with Gasteiger partial charge in [0.1, 0.15) is 22.6 Å². The highest BCUT2D eigenvalue weighted by molar-refractivity contribution is 7.74. The Morgan fingerprint density at radius 3 is 2.70 bits per heavy atom. The lowest BCUT2D eigenvalue weighted by atomic mass is 9.97. The minimum absolute atomic E-state index is 0.0257. The molecule has 1 aliphatic heterocycles. The summed E-state index contributed by atoms with van der Waals surface area (Å²) in [6.45, 7) is 2.24. The Kier molecular flexibility index (Phi) is 5.51. The number of aliphatic imine (C=N–C) groups is 2. The van der Waals surface area contributed by atoms with Crippen LogP contribution in [-0.4, -0.2) is 51.8 Å². The van der Waals surface area contributed by atoms with Crippen molar-refractivity contribution in [1.29, 1.82) is 0 Å². The maximum atomic E-state index is 13.5. The van der Waals surface area contributed by atoms with Crippen molar-refractivity contribution in [2.45, 2.75) is 25.9 Å². The highest BCUT2D eigenvalue weighted by Crippen LogP contribution is 2.33. The molecular formula is C20H18FN5O3S. The van der Waals surface area contributed by atoms with Crippen LogP contribution >= 0.6 is 0 Å². The van der Waals surface area contributed by atoms with Gasteiger partial charge in [0.25, 0.3) is 0 Å². The van der Waals surface area contributed by atoms with Crippen LogP contribution in [-0.2, 0) is 16.8 Å². The van der Waals surface area contributed by atoms with Gasteiger partial charge in [0.2, 0.25) is 10.3 Å². The van der Waals surface area contributed by atoms with E-state index in [-0.39, 0.29) is 17.3 Å². The third-order valence-corrected chi connectivity index (χ3v) is 5.40. The first-order chi connectivity index (χ1) is 14.5. The van der Waals surface area contributed by atoms with Crippen LogP contribution in [0, 0.1) is 5.82 Å². The third-order valence-electron chi connectivity index (χ3n) is 4.69. The van der Waals surface area contributed by atoms with E-state index in [9.17, 15) is 12.8 Å². The number of rotatable bonds is 5. The Labute approximate surface area is 173 Å². The number of hydrogen-bond acceptors (Lipinski definition) is 7. The van der Waals surface area contributed by atoms with E-state index >= 15 is 0 Å². The van der Waals surface area contributed by atoms with Gasteiger partial charge in [0.05, 0.1) is 11.9 Å². The molecule has 10 heteroatoms. The van der Waals surface area contributed by atoms with Crippen molar-refractivity contribution in [3.05, 3.63) is 47.9 Å². The molecule has 2 aromatic heterocycles. The molecule has 1 aromatic carbocycles. The summed E-state index contributed by atoms with van der Waals surface area (Å²) in [5, 5.41) is 14.2. The first-order valence-electron chi connectivity index (χ1n) is 9.25. The molecule has 0 saturated heterocycles. The molecular weight excluding hydrogens is 409 g/mol. The van der Waals surface area contributed by atoms with Crippen LogP contribution in [0.15, 0.2) is 46.5 Å². The fraction of sp³-hybridized carbons (Fsp3) is 0.250. The molecule has 0 spiro atoms. The number of aliphatic hydroxyl groups excluding tert-OH is 1. The molecule has 1 N–H and O–H groups in total. The van der Waals surface area contributed by atoms with Gasteiger partial charge in [-0.2, -0.15) is 13.5 Å². The quantitative estimate of drug-likeness (QED) is 0.628. The second-order valence-electron chi connectivity index (χ2n) is 6.79. The van der Waals surface area contributed by atoms with Crippen LogP contribution in [0.25, 0.3) is 22.3 Å². The van der Waals surface area contributed by atoms with Crippen LogP contribution < -0.4 is 0 Å². The molecule has 154 valence electrons. The summed E-state index contributed by atoms with van der Waals surface area (Å²) < 4.78 is 38.8. The summed E-state index contributed by atoms with van der Waals surface area (Å²) in [5.41, 5.74) is 2.10. The first kappa shape index (κ1) is 20.0. The van der Waals surface area contributed by atoms with Crippen molar-refractivity contribution in [3.8, 4) is 11.3 Å². The van der Waals surface area contributed by atoms with E-state index in [4.69, 9.17) is 5.11 Å². The van der Waals surface area contributed by atoms with Gasteiger partial charge in [-0.3, -0.25) is 9.67 Å². The Morgan fingerprint density at radius 2 is 2.00 bits per heavy atom. The Morgan fingerprint density at radius 1 is 1.23 bits per heavy atom. The molecule has 0 amide bonds. The fourth-order valence-corrected chi connectivity index (χ4v) is 3.79. The van der Waals surface area contributed by atoms with Gasteiger partial charge < -0.3 is 5.11 Å². The average molecular weight is 427 g/mol. The van der Waals surface area contributed by atoms with Crippen molar-refractivity contribution >= 4 is 38.2 Å². The molecule has 0 radical (unpaired) electrons. The number of aromatic nitrogens is 3. The normalized spacial score (nSPS) is 16.2. The van der Waals surface area contributed by atoms with E-state index in [1.165, 1.54) is 18.3 Å².